The Bertz CT molecular complexity index is 999. The van der Waals surface area contributed by atoms with E-state index in [1.165, 1.54) is 24.3 Å². The summed E-state index contributed by atoms with van der Waals surface area (Å²) in [6.45, 7) is 2.38. The second-order valence-electron chi connectivity index (χ2n) is 8.63. The van der Waals surface area contributed by atoms with Gasteiger partial charge in [-0.15, -0.1) is 0 Å². The average molecular weight is 472 g/mol. The van der Waals surface area contributed by atoms with Crippen molar-refractivity contribution in [1.82, 2.24) is 15.1 Å². The van der Waals surface area contributed by atoms with Gasteiger partial charge in [-0.1, -0.05) is 11.6 Å². The van der Waals surface area contributed by atoms with Crippen LogP contribution in [0.15, 0.2) is 48.5 Å². The highest BCUT2D eigenvalue weighted by atomic mass is 35.5. The van der Waals surface area contributed by atoms with Gasteiger partial charge in [-0.25, -0.2) is 4.39 Å². The summed E-state index contributed by atoms with van der Waals surface area (Å²) < 4.78 is 13.2. The fourth-order valence-electron chi connectivity index (χ4n) is 4.55. The molecule has 2 aromatic carbocycles. The van der Waals surface area contributed by atoms with E-state index in [0.29, 0.717) is 55.2 Å². The molecule has 0 saturated carbocycles. The number of rotatable bonds is 5. The van der Waals surface area contributed by atoms with Gasteiger partial charge < -0.3 is 15.1 Å². The smallest absolute Gasteiger partial charge is 0.253 e. The van der Waals surface area contributed by atoms with Gasteiger partial charge in [0.2, 0.25) is 5.91 Å². The topological polar surface area (TPSA) is 69.7 Å². The largest absolute Gasteiger partial charge is 0.341 e. The molecule has 8 heteroatoms. The molecule has 0 bridgehead atoms. The van der Waals surface area contributed by atoms with Crippen LogP contribution in [-0.2, 0) is 4.79 Å². The van der Waals surface area contributed by atoms with Gasteiger partial charge in [-0.3, -0.25) is 14.4 Å². The average Bonchev–Trinajstić information content (AvgIpc) is 3.38. The number of nitrogens with one attached hydrogen (secondary N) is 1. The fraction of sp³-hybridized carbons (Fsp3) is 0.400. The maximum Gasteiger partial charge on any atom is 0.253 e. The summed E-state index contributed by atoms with van der Waals surface area (Å²) in [7, 11) is 0. The van der Waals surface area contributed by atoms with Crippen molar-refractivity contribution in [2.45, 2.75) is 31.7 Å². The first-order valence-electron chi connectivity index (χ1n) is 11.3. The van der Waals surface area contributed by atoms with Crippen LogP contribution >= 0.6 is 11.6 Å². The minimum Gasteiger partial charge on any atom is -0.341 e. The first kappa shape index (κ1) is 23.2. The van der Waals surface area contributed by atoms with Gasteiger partial charge in [-0.05, 0) is 80.1 Å². The third kappa shape index (κ3) is 5.53. The van der Waals surface area contributed by atoms with Crippen molar-refractivity contribution in [3.8, 4) is 0 Å². The number of nitrogens with zero attached hydrogens (tertiary/aromatic N) is 2. The summed E-state index contributed by atoms with van der Waals surface area (Å²) >= 11 is 5.92. The van der Waals surface area contributed by atoms with E-state index in [-0.39, 0.29) is 17.7 Å². The molecular weight excluding hydrogens is 445 g/mol. The zero-order valence-electron chi connectivity index (χ0n) is 18.3. The Labute approximate surface area is 197 Å². The Kier molecular flexibility index (Phi) is 7.28. The van der Waals surface area contributed by atoms with Crippen LogP contribution in [0.4, 0.5) is 4.39 Å². The zero-order valence-corrected chi connectivity index (χ0v) is 19.1. The number of likely N-dealkylation sites (tertiary alicyclic amines) is 2. The van der Waals surface area contributed by atoms with E-state index in [1.54, 1.807) is 34.1 Å². The SMILES string of the molecule is O=C(NC(C(=O)N1CCCC1)C1CCN(C(=O)c2ccc(Cl)cc2)CC1)c1ccc(F)cc1. The molecule has 174 valence electrons. The predicted octanol–water partition coefficient (Wildman–Crippen LogP) is 3.75. The Morgan fingerprint density at radius 1 is 0.848 bits per heavy atom. The molecule has 1 atom stereocenters. The van der Waals surface area contributed by atoms with E-state index in [0.717, 1.165) is 12.8 Å². The molecule has 1 N–H and O–H groups in total. The number of carbonyl (C=O) groups excluding carboxylic acids is 3. The van der Waals surface area contributed by atoms with Crippen LogP contribution in [0.25, 0.3) is 0 Å². The second kappa shape index (κ2) is 10.3. The molecule has 6 nitrogen and oxygen atoms in total. The van der Waals surface area contributed by atoms with Crippen LogP contribution in [0.5, 0.6) is 0 Å². The maximum absolute atomic E-state index is 13.3. The maximum atomic E-state index is 13.3. The van der Waals surface area contributed by atoms with Crippen molar-refractivity contribution < 1.29 is 18.8 Å². The Balaban J connectivity index is 1.45. The van der Waals surface area contributed by atoms with Crippen molar-refractivity contribution in [1.29, 1.82) is 0 Å². The molecule has 2 aliphatic rings. The molecule has 0 aromatic heterocycles. The monoisotopic (exact) mass is 471 g/mol. The molecule has 2 fully saturated rings. The number of benzene rings is 2. The van der Waals surface area contributed by atoms with Gasteiger partial charge >= 0.3 is 0 Å². The van der Waals surface area contributed by atoms with Crippen LogP contribution in [0.1, 0.15) is 46.4 Å². The molecular formula is C25H27ClFN3O3. The number of hydrogen-bond donors (Lipinski definition) is 1. The highest BCUT2D eigenvalue weighted by molar-refractivity contribution is 6.30. The van der Waals surface area contributed by atoms with E-state index in [1.807, 2.05) is 0 Å². The van der Waals surface area contributed by atoms with Crippen molar-refractivity contribution >= 4 is 29.3 Å². The van der Waals surface area contributed by atoms with Crippen molar-refractivity contribution in [3.05, 3.63) is 70.5 Å². The van der Waals surface area contributed by atoms with Gasteiger partial charge in [0.15, 0.2) is 0 Å². The minimum absolute atomic E-state index is 0.0668. The minimum atomic E-state index is -0.673. The van der Waals surface area contributed by atoms with Crippen molar-refractivity contribution in [2.24, 2.45) is 5.92 Å². The van der Waals surface area contributed by atoms with Gasteiger partial charge in [0.25, 0.3) is 11.8 Å². The molecule has 2 aromatic rings. The summed E-state index contributed by atoms with van der Waals surface area (Å²) in [6.07, 6.45) is 3.12. The third-order valence-electron chi connectivity index (χ3n) is 6.47. The molecule has 2 aliphatic heterocycles. The van der Waals surface area contributed by atoms with E-state index in [2.05, 4.69) is 5.32 Å². The Morgan fingerprint density at radius 3 is 2.03 bits per heavy atom. The van der Waals surface area contributed by atoms with Crippen LogP contribution in [-0.4, -0.2) is 59.7 Å². The lowest BCUT2D eigenvalue weighted by atomic mass is 9.88. The summed E-state index contributed by atoms with van der Waals surface area (Å²) in [4.78, 5) is 42.5. The molecule has 0 aliphatic carbocycles. The van der Waals surface area contributed by atoms with Crippen LogP contribution in [0.3, 0.4) is 0 Å². The van der Waals surface area contributed by atoms with Gasteiger partial charge in [0.1, 0.15) is 11.9 Å². The first-order valence-corrected chi connectivity index (χ1v) is 11.7. The molecule has 3 amide bonds. The van der Waals surface area contributed by atoms with Gasteiger partial charge in [-0.2, -0.15) is 0 Å². The lowest BCUT2D eigenvalue weighted by Gasteiger charge is -2.37. The highest BCUT2D eigenvalue weighted by Gasteiger charge is 2.37. The van der Waals surface area contributed by atoms with Crippen LogP contribution in [0, 0.1) is 11.7 Å². The number of piperidine rings is 1. The summed E-state index contributed by atoms with van der Waals surface area (Å²) in [5.41, 5.74) is 0.887. The zero-order chi connectivity index (χ0) is 23.4. The Hall–Kier alpha value is -2.93. The summed E-state index contributed by atoms with van der Waals surface area (Å²) in [5, 5.41) is 3.48. The number of amides is 3. The van der Waals surface area contributed by atoms with E-state index in [9.17, 15) is 18.8 Å². The van der Waals surface area contributed by atoms with Crippen molar-refractivity contribution in [3.63, 3.8) is 0 Å². The van der Waals surface area contributed by atoms with Crippen LogP contribution in [0.2, 0.25) is 5.02 Å². The number of halogens is 2. The molecule has 4 rings (SSSR count). The predicted molar refractivity (Wildman–Crippen MR) is 124 cm³/mol. The lowest BCUT2D eigenvalue weighted by Crippen LogP contribution is -2.54. The normalized spacial score (nSPS) is 17.6. The van der Waals surface area contributed by atoms with Crippen LogP contribution < -0.4 is 5.32 Å². The third-order valence-corrected chi connectivity index (χ3v) is 6.72. The molecule has 2 saturated heterocycles. The highest BCUT2D eigenvalue weighted by Crippen LogP contribution is 2.25. The van der Waals surface area contributed by atoms with Gasteiger partial charge in [0, 0.05) is 42.3 Å². The second-order valence-corrected chi connectivity index (χ2v) is 9.06. The molecule has 0 spiro atoms. The Morgan fingerprint density at radius 2 is 1.42 bits per heavy atom. The lowest BCUT2D eigenvalue weighted by molar-refractivity contribution is -0.134. The van der Waals surface area contributed by atoms with E-state index < -0.39 is 17.8 Å². The molecule has 1 unspecified atom stereocenters. The van der Waals surface area contributed by atoms with Crippen molar-refractivity contribution in [2.75, 3.05) is 26.2 Å². The summed E-state index contributed by atoms with van der Waals surface area (Å²) in [6, 6.07) is 11.4. The fourth-order valence-corrected chi connectivity index (χ4v) is 4.68. The van der Waals surface area contributed by atoms with E-state index >= 15 is 0 Å². The van der Waals surface area contributed by atoms with E-state index in [4.69, 9.17) is 11.6 Å². The number of hydrogen-bond acceptors (Lipinski definition) is 3. The first-order chi connectivity index (χ1) is 15.9. The molecule has 2 heterocycles. The standard InChI is InChI=1S/C25H27ClFN3O3/c26-20-7-3-19(4-8-20)24(32)30-15-11-17(12-16-30)22(25(33)29-13-1-2-14-29)28-23(31)18-5-9-21(27)10-6-18/h3-10,17,22H,1-2,11-16H2,(H,28,31). The molecule has 0 radical (unpaired) electrons. The van der Waals surface area contributed by atoms with Gasteiger partial charge in [0.05, 0.1) is 0 Å². The molecule has 33 heavy (non-hydrogen) atoms. The quantitative estimate of drug-likeness (QED) is 0.722. The summed E-state index contributed by atoms with van der Waals surface area (Å²) in [5.74, 6) is -1.05. The number of carbonyl (C=O) groups is 3.